The molecule has 0 N–H and O–H groups in total. The zero-order valence-electron chi connectivity index (χ0n) is 10.7. The normalized spacial score (nSPS) is 10.1. The molecule has 0 amide bonds. The van der Waals surface area contributed by atoms with Gasteiger partial charge in [0, 0.05) is 5.75 Å². The summed E-state index contributed by atoms with van der Waals surface area (Å²) < 4.78 is 5.07. The number of rotatable bonds is 6. The van der Waals surface area contributed by atoms with Crippen LogP contribution in [0.2, 0.25) is 0 Å². The van der Waals surface area contributed by atoms with Gasteiger partial charge in [-0.2, -0.15) is 5.26 Å². The van der Waals surface area contributed by atoms with Crippen LogP contribution in [-0.2, 0) is 15.3 Å². The fraction of sp³-hybridized carbons (Fsp3) is 0.429. The summed E-state index contributed by atoms with van der Waals surface area (Å²) in [5, 5.41) is 8.92. The molecule has 0 bridgehead atoms. The van der Waals surface area contributed by atoms with Crippen LogP contribution in [0, 0.1) is 17.2 Å². The van der Waals surface area contributed by atoms with Crippen LogP contribution in [-0.4, -0.2) is 18.3 Å². The molecule has 0 spiro atoms. The zero-order chi connectivity index (χ0) is 13.4. The van der Waals surface area contributed by atoms with Gasteiger partial charge in [-0.05, 0) is 17.5 Å². The molecule has 1 aromatic carbocycles. The molecular weight excluding hydrogens is 246 g/mol. The summed E-state index contributed by atoms with van der Waals surface area (Å²) in [6.07, 6.45) is 0. The Morgan fingerprint density at radius 2 is 2.17 bits per heavy atom. The third-order valence-corrected chi connectivity index (χ3v) is 3.15. The number of carbonyl (C=O) groups is 1. The molecule has 0 heterocycles. The fourth-order valence-electron chi connectivity index (χ4n) is 1.30. The van der Waals surface area contributed by atoms with Crippen LogP contribution in [0.15, 0.2) is 24.3 Å². The molecule has 0 aliphatic heterocycles. The molecule has 18 heavy (non-hydrogen) atoms. The van der Waals surface area contributed by atoms with Crippen molar-refractivity contribution < 1.29 is 9.53 Å². The first-order chi connectivity index (χ1) is 8.63. The Bertz CT molecular complexity index is 438. The van der Waals surface area contributed by atoms with Crippen LogP contribution in [0.4, 0.5) is 0 Å². The van der Waals surface area contributed by atoms with Gasteiger partial charge in [-0.25, -0.2) is 0 Å². The molecule has 1 rings (SSSR count). The van der Waals surface area contributed by atoms with E-state index in [9.17, 15) is 4.79 Å². The molecule has 0 unspecified atom stereocenters. The van der Waals surface area contributed by atoms with Crippen LogP contribution in [0.3, 0.4) is 0 Å². The average Bonchev–Trinajstić information content (AvgIpc) is 2.37. The van der Waals surface area contributed by atoms with E-state index in [0.29, 0.717) is 29.6 Å². The number of hydrogen-bond donors (Lipinski definition) is 0. The second-order valence-electron chi connectivity index (χ2n) is 4.34. The lowest BCUT2D eigenvalue weighted by Crippen LogP contribution is -2.11. The first kappa shape index (κ1) is 14.6. The van der Waals surface area contributed by atoms with Crippen molar-refractivity contribution in [1.82, 2.24) is 0 Å². The lowest BCUT2D eigenvalue weighted by Gasteiger charge is -2.07. The standard InChI is InChI=1S/C14H17NO2S/c1-11(2)8-17-14(16)10-18-9-13-6-4-3-5-12(13)7-15/h3-6,11H,8-10H2,1-2H3. The van der Waals surface area contributed by atoms with Crippen molar-refractivity contribution in [3.63, 3.8) is 0 Å². The average molecular weight is 263 g/mol. The van der Waals surface area contributed by atoms with Crippen LogP contribution in [0.1, 0.15) is 25.0 Å². The van der Waals surface area contributed by atoms with Gasteiger partial charge in [-0.15, -0.1) is 11.8 Å². The minimum Gasteiger partial charge on any atom is -0.465 e. The van der Waals surface area contributed by atoms with Crippen LogP contribution in [0.5, 0.6) is 0 Å². The molecule has 0 aliphatic rings. The minimum atomic E-state index is -0.192. The Morgan fingerprint density at radius 3 is 2.83 bits per heavy atom. The topological polar surface area (TPSA) is 50.1 Å². The molecule has 0 saturated carbocycles. The summed E-state index contributed by atoms with van der Waals surface area (Å²) in [5.41, 5.74) is 1.63. The van der Waals surface area contributed by atoms with Crippen molar-refractivity contribution in [3.8, 4) is 6.07 Å². The number of carbonyl (C=O) groups excluding carboxylic acids is 1. The van der Waals surface area contributed by atoms with E-state index in [1.807, 2.05) is 32.0 Å². The summed E-state index contributed by atoms with van der Waals surface area (Å²) in [6, 6.07) is 9.57. The van der Waals surface area contributed by atoms with E-state index in [2.05, 4.69) is 6.07 Å². The fourth-order valence-corrected chi connectivity index (χ4v) is 2.12. The first-order valence-electron chi connectivity index (χ1n) is 5.85. The molecule has 0 radical (unpaired) electrons. The van der Waals surface area contributed by atoms with E-state index >= 15 is 0 Å². The van der Waals surface area contributed by atoms with E-state index in [1.54, 1.807) is 6.07 Å². The number of ether oxygens (including phenoxy) is 1. The van der Waals surface area contributed by atoms with E-state index in [-0.39, 0.29) is 5.97 Å². The predicted octanol–water partition coefficient (Wildman–Crippen LogP) is 2.99. The van der Waals surface area contributed by atoms with Crippen LogP contribution in [0.25, 0.3) is 0 Å². The Kier molecular flexibility index (Phi) is 6.31. The molecule has 0 aromatic heterocycles. The Hall–Kier alpha value is -1.47. The highest BCUT2D eigenvalue weighted by Gasteiger charge is 2.06. The number of thioether (sulfide) groups is 1. The van der Waals surface area contributed by atoms with E-state index in [0.717, 1.165) is 5.56 Å². The van der Waals surface area contributed by atoms with Crippen molar-refractivity contribution in [3.05, 3.63) is 35.4 Å². The van der Waals surface area contributed by atoms with Crippen molar-refractivity contribution in [2.45, 2.75) is 19.6 Å². The molecule has 4 heteroatoms. The monoisotopic (exact) mass is 263 g/mol. The van der Waals surface area contributed by atoms with Crippen LogP contribution < -0.4 is 0 Å². The van der Waals surface area contributed by atoms with Crippen LogP contribution >= 0.6 is 11.8 Å². The van der Waals surface area contributed by atoms with Gasteiger partial charge in [0.25, 0.3) is 0 Å². The first-order valence-corrected chi connectivity index (χ1v) is 7.00. The van der Waals surface area contributed by atoms with E-state index in [4.69, 9.17) is 10.00 Å². The van der Waals surface area contributed by atoms with Gasteiger partial charge in [0.15, 0.2) is 0 Å². The number of nitrogens with zero attached hydrogens (tertiary/aromatic N) is 1. The smallest absolute Gasteiger partial charge is 0.315 e. The Morgan fingerprint density at radius 1 is 1.44 bits per heavy atom. The maximum Gasteiger partial charge on any atom is 0.315 e. The molecule has 0 atom stereocenters. The predicted molar refractivity (Wildman–Crippen MR) is 73.1 cm³/mol. The summed E-state index contributed by atoms with van der Waals surface area (Å²) in [6.45, 7) is 4.47. The minimum absolute atomic E-state index is 0.192. The van der Waals surface area contributed by atoms with Crippen molar-refractivity contribution in [2.75, 3.05) is 12.4 Å². The summed E-state index contributed by atoms with van der Waals surface area (Å²) in [7, 11) is 0. The second kappa shape index (κ2) is 7.78. The van der Waals surface area contributed by atoms with Gasteiger partial charge >= 0.3 is 5.97 Å². The molecular formula is C14H17NO2S. The zero-order valence-corrected chi connectivity index (χ0v) is 11.5. The van der Waals surface area contributed by atoms with Crippen molar-refractivity contribution >= 4 is 17.7 Å². The number of esters is 1. The summed E-state index contributed by atoms with van der Waals surface area (Å²) >= 11 is 1.47. The number of nitriles is 1. The van der Waals surface area contributed by atoms with Gasteiger partial charge in [-0.1, -0.05) is 32.0 Å². The quantitative estimate of drug-likeness (QED) is 0.740. The van der Waals surface area contributed by atoms with Gasteiger partial charge in [-0.3, -0.25) is 4.79 Å². The SMILES string of the molecule is CC(C)COC(=O)CSCc1ccccc1C#N. The second-order valence-corrected chi connectivity index (χ2v) is 5.32. The van der Waals surface area contributed by atoms with Gasteiger partial charge in [0.2, 0.25) is 0 Å². The molecule has 0 saturated heterocycles. The highest BCUT2D eigenvalue weighted by atomic mass is 32.2. The summed E-state index contributed by atoms with van der Waals surface area (Å²) in [4.78, 5) is 11.4. The third-order valence-electron chi connectivity index (χ3n) is 2.19. The van der Waals surface area contributed by atoms with Crippen molar-refractivity contribution in [1.29, 1.82) is 5.26 Å². The van der Waals surface area contributed by atoms with Gasteiger partial charge in [0.05, 0.1) is 24.0 Å². The van der Waals surface area contributed by atoms with Gasteiger partial charge in [0.1, 0.15) is 0 Å². The highest BCUT2D eigenvalue weighted by molar-refractivity contribution is 7.99. The largest absolute Gasteiger partial charge is 0.465 e. The van der Waals surface area contributed by atoms with Crippen molar-refractivity contribution in [2.24, 2.45) is 5.92 Å². The molecule has 0 aliphatic carbocycles. The van der Waals surface area contributed by atoms with Gasteiger partial charge < -0.3 is 4.74 Å². The lowest BCUT2D eigenvalue weighted by atomic mass is 10.1. The molecule has 1 aromatic rings. The highest BCUT2D eigenvalue weighted by Crippen LogP contribution is 2.16. The molecule has 0 fully saturated rings. The Balaban J connectivity index is 2.33. The maximum absolute atomic E-state index is 11.4. The summed E-state index contributed by atoms with van der Waals surface area (Å²) in [5.74, 6) is 1.15. The third kappa shape index (κ3) is 5.24. The molecule has 3 nitrogen and oxygen atoms in total. The van der Waals surface area contributed by atoms with E-state index in [1.165, 1.54) is 11.8 Å². The number of benzene rings is 1. The Labute approximate surface area is 112 Å². The van der Waals surface area contributed by atoms with E-state index < -0.39 is 0 Å². The lowest BCUT2D eigenvalue weighted by molar-refractivity contribution is -0.141. The molecule has 96 valence electrons. The number of hydrogen-bond acceptors (Lipinski definition) is 4. The maximum atomic E-state index is 11.4.